The van der Waals surface area contributed by atoms with Gasteiger partial charge in [-0.05, 0) is 30.7 Å². The lowest BCUT2D eigenvalue weighted by atomic mass is 10.2. The summed E-state index contributed by atoms with van der Waals surface area (Å²) in [7, 11) is 1.55. The van der Waals surface area contributed by atoms with Gasteiger partial charge in [0.05, 0.1) is 7.11 Å². The molecule has 0 radical (unpaired) electrons. The summed E-state index contributed by atoms with van der Waals surface area (Å²) in [4.78, 5) is 18.8. The Morgan fingerprint density at radius 2 is 2.40 bits per heavy atom. The summed E-state index contributed by atoms with van der Waals surface area (Å²) in [5.41, 5.74) is 0.567. The Morgan fingerprint density at radius 3 is 3.15 bits per heavy atom. The zero-order valence-corrected chi connectivity index (χ0v) is 13.0. The van der Waals surface area contributed by atoms with Crippen molar-refractivity contribution >= 4 is 17.7 Å². The molecule has 20 heavy (non-hydrogen) atoms. The Hall–Kier alpha value is -1.23. The first-order chi connectivity index (χ1) is 9.76. The fourth-order valence-corrected chi connectivity index (χ4v) is 3.64. The van der Waals surface area contributed by atoms with Crippen LogP contribution >= 0.6 is 11.8 Å². The number of likely N-dealkylation sites (tertiary alicyclic amines) is 1. The van der Waals surface area contributed by atoms with Crippen LogP contribution in [-0.2, 0) is 0 Å². The average Bonchev–Trinajstić information content (AvgIpc) is 2.72. The number of hydrogen-bond donors (Lipinski definition) is 0. The molecule has 2 rings (SSSR count). The van der Waals surface area contributed by atoms with Crippen LogP contribution in [0.1, 0.15) is 36.5 Å². The molecule has 1 amide bonds. The van der Waals surface area contributed by atoms with Crippen LogP contribution < -0.4 is 4.74 Å². The van der Waals surface area contributed by atoms with E-state index in [0.29, 0.717) is 16.7 Å². The first-order valence-electron chi connectivity index (χ1n) is 7.16. The van der Waals surface area contributed by atoms with Crippen molar-refractivity contribution in [1.29, 1.82) is 0 Å². The van der Waals surface area contributed by atoms with E-state index in [1.807, 2.05) is 16.7 Å². The number of rotatable bonds is 4. The van der Waals surface area contributed by atoms with Crippen molar-refractivity contribution in [3.8, 4) is 5.88 Å². The molecular formula is C15H22N2O2S. The molecule has 0 aromatic carbocycles. The predicted octanol–water partition coefficient (Wildman–Crippen LogP) is 2.84. The van der Waals surface area contributed by atoms with Crippen LogP contribution in [0.15, 0.2) is 18.3 Å². The first kappa shape index (κ1) is 15.2. The van der Waals surface area contributed by atoms with Crippen LogP contribution in [0.2, 0.25) is 0 Å². The predicted molar refractivity (Wildman–Crippen MR) is 82.5 cm³/mol. The Bertz CT molecular complexity index is 453. The molecule has 1 saturated heterocycles. The van der Waals surface area contributed by atoms with Crippen molar-refractivity contribution in [3.63, 3.8) is 0 Å². The largest absolute Gasteiger partial charge is 0.480 e. The van der Waals surface area contributed by atoms with Gasteiger partial charge in [0.1, 0.15) is 5.56 Å². The Morgan fingerprint density at radius 1 is 1.55 bits per heavy atom. The molecule has 1 atom stereocenters. The van der Waals surface area contributed by atoms with Crippen LogP contribution in [0.4, 0.5) is 0 Å². The lowest BCUT2D eigenvalue weighted by Crippen LogP contribution is -2.35. The van der Waals surface area contributed by atoms with Crippen LogP contribution in [-0.4, -0.2) is 47.0 Å². The molecule has 1 aliphatic heterocycles. The third kappa shape index (κ3) is 3.66. The number of hydrogen-bond acceptors (Lipinski definition) is 4. The monoisotopic (exact) mass is 294 g/mol. The van der Waals surface area contributed by atoms with Gasteiger partial charge in [-0.1, -0.05) is 13.3 Å². The van der Waals surface area contributed by atoms with Gasteiger partial charge in [0, 0.05) is 24.5 Å². The van der Waals surface area contributed by atoms with Gasteiger partial charge >= 0.3 is 0 Å². The van der Waals surface area contributed by atoms with Crippen LogP contribution in [0.5, 0.6) is 5.88 Å². The molecule has 1 fully saturated rings. The van der Waals surface area contributed by atoms with Crippen molar-refractivity contribution in [3.05, 3.63) is 23.9 Å². The Balaban J connectivity index is 2.14. The molecule has 1 aromatic rings. The van der Waals surface area contributed by atoms with Gasteiger partial charge in [0.2, 0.25) is 5.88 Å². The second-order valence-electron chi connectivity index (χ2n) is 4.88. The standard InChI is InChI=1S/C15H22N2O2S/c1-3-20-12-7-4-5-10-17(11-12)15(18)13-8-6-9-16-14(13)19-2/h6,8-9,12H,3-5,7,10-11H2,1-2H3/t12-/m1/s1. The number of carbonyl (C=O) groups is 1. The minimum Gasteiger partial charge on any atom is -0.480 e. The van der Waals surface area contributed by atoms with E-state index in [1.54, 1.807) is 25.4 Å². The summed E-state index contributed by atoms with van der Waals surface area (Å²) in [6.07, 6.45) is 5.13. The number of pyridine rings is 1. The summed E-state index contributed by atoms with van der Waals surface area (Å²) in [5, 5.41) is 0.550. The van der Waals surface area contributed by atoms with Gasteiger partial charge < -0.3 is 9.64 Å². The van der Waals surface area contributed by atoms with Crippen molar-refractivity contribution in [2.45, 2.75) is 31.4 Å². The van der Waals surface area contributed by atoms with E-state index in [-0.39, 0.29) is 5.91 Å². The molecule has 0 bridgehead atoms. The fraction of sp³-hybridized carbons (Fsp3) is 0.600. The zero-order valence-electron chi connectivity index (χ0n) is 12.2. The number of ether oxygens (including phenoxy) is 1. The average molecular weight is 294 g/mol. The highest BCUT2D eigenvalue weighted by Gasteiger charge is 2.25. The summed E-state index contributed by atoms with van der Waals surface area (Å²) < 4.78 is 5.20. The van der Waals surface area contributed by atoms with E-state index in [2.05, 4.69) is 11.9 Å². The lowest BCUT2D eigenvalue weighted by Gasteiger charge is -2.24. The minimum absolute atomic E-state index is 0.0403. The summed E-state index contributed by atoms with van der Waals surface area (Å²) in [5.74, 6) is 1.56. The Kier molecular flexibility index (Phi) is 5.71. The van der Waals surface area contributed by atoms with Gasteiger partial charge in [-0.25, -0.2) is 4.98 Å². The van der Waals surface area contributed by atoms with Crippen LogP contribution in [0.25, 0.3) is 0 Å². The van der Waals surface area contributed by atoms with Gasteiger partial charge in [-0.2, -0.15) is 11.8 Å². The third-order valence-corrected chi connectivity index (χ3v) is 4.70. The molecule has 2 heterocycles. The fourth-order valence-electron chi connectivity index (χ4n) is 2.55. The van der Waals surface area contributed by atoms with E-state index in [0.717, 1.165) is 25.3 Å². The number of carbonyl (C=O) groups excluding carboxylic acids is 1. The molecule has 4 nitrogen and oxygen atoms in total. The van der Waals surface area contributed by atoms with E-state index in [4.69, 9.17) is 4.74 Å². The highest BCUT2D eigenvalue weighted by molar-refractivity contribution is 7.99. The first-order valence-corrected chi connectivity index (χ1v) is 8.21. The second-order valence-corrected chi connectivity index (χ2v) is 6.46. The molecule has 0 saturated carbocycles. The van der Waals surface area contributed by atoms with E-state index >= 15 is 0 Å². The van der Waals surface area contributed by atoms with Crippen molar-refractivity contribution in [2.75, 3.05) is 26.0 Å². The van der Waals surface area contributed by atoms with Gasteiger partial charge in [-0.15, -0.1) is 0 Å². The lowest BCUT2D eigenvalue weighted by molar-refractivity contribution is 0.0759. The summed E-state index contributed by atoms with van der Waals surface area (Å²) in [6.45, 7) is 3.83. The molecule has 110 valence electrons. The van der Waals surface area contributed by atoms with Crippen molar-refractivity contribution in [2.24, 2.45) is 0 Å². The molecule has 1 aliphatic rings. The maximum absolute atomic E-state index is 12.7. The molecule has 0 spiro atoms. The number of nitrogens with zero attached hydrogens (tertiary/aromatic N) is 2. The number of thioether (sulfide) groups is 1. The molecule has 0 N–H and O–H groups in total. The van der Waals surface area contributed by atoms with E-state index < -0.39 is 0 Å². The quantitative estimate of drug-likeness (QED) is 0.856. The van der Waals surface area contributed by atoms with Gasteiger partial charge in [0.15, 0.2) is 0 Å². The topological polar surface area (TPSA) is 42.4 Å². The van der Waals surface area contributed by atoms with Gasteiger partial charge in [0.25, 0.3) is 5.91 Å². The van der Waals surface area contributed by atoms with Crippen LogP contribution in [0, 0.1) is 0 Å². The van der Waals surface area contributed by atoms with Crippen molar-refractivity contribution in [1.82, 2.24) is 9.88 Å². The maximum atomic E-state index is 12.7. The summed E-state index contributed by atoms with van der Waals surface area (Å²) >= 11 is 1.95. The molecule has 0 unspecified atom stereocenters. The number of methoxy groups -OCH3 is 1. The number of aromatic nitrogens is 1. The molecular weight excluding hydrogens is 272 g/mol. The minimum atomic E-state index is 0.0403. The summed E-state index contributed by atoms with van der Waals surface area (Å²) in [6, 6.07) is 3.58. The number of amides is 1. The molecule has 1 aromatic heterocycles. The zero-order chi connectivity index (χ0) is 14.4. The highest BCUT2D eigenvalue weighted by atomic mass is 32.2. The smallest absolute Gasteiger partial charge is 0.259 e. The van der Waals surface area contributed by atoms with E-state index in [1.165, 1.54) is 12.8 Å². The van der Waals surface area contributed by atoms with Gasteiger partial charge in [-0.3, -0.25) is 4.79 Å². The molecule has 5 heteroatoms. The maximum Gasteiger partial charge on any atom is 0.259 e. The van der Waals surface area contributed by atoms with Crippen LogP contribution in [0.3, 0.4) is 0 Å². The van der Waals surface area contributed by atoms with E-state index in [9.17, 15) is 4.79 Å². The second kappa shape index (κ2) is 7.53. The SMILES string of the molecule is CCS[C@@H]1CCCCN(C(=O)c2cccnc2OC)C1. The Labute approximate surface area is 124 Å². The van der Waals surface area contributed by atoms with Crippen molar-refractivity contribution < 1.29 is 9.53 Å². The normalized spacial score (nSPS) is 19.5. The third-order valence-electron chi connectivity index (χ3n) is 3.51. The molecule has 0 aliphatic carbocycles. The highest BCUT2D eigenvalue weighted by Crippen LogP contribution is 2.24.